The summed E-state index contributed by atoms with van der Waals surface area (Å²) in [6.07, 6.45) is 9.66. The van der Waals surface area contributed by atoms with Gasteiger partial charge in [-0.1, -0.05) is 0 Å². The van der Waals surface area contributed by atoms with Crippen molar-refractivity contribution >= 4 is 16.6 Å². The Labute approximate surface area is 98.5 Å². The predicted molar refractivity (Wildman–Crippen MR) is 68.6 cm³/mol. The summed E-state index contributed by atoms with van der Waals surface area (Å²) in [6, 6.07) is 3.92. The lowest BCUT2D eigenvalue weighted by Gasteiger charge is -2.11. The highest BCUT2D eigenvalue weighted by Crippen LogP contribution is 2.17. The van der Waals surface area contributed by atoms with E-state index in [-0.39, 0.29) is 5.56 Å². The van der Waals surface area contributed by atoms with E-state index in [9.17, 15) is 4.79 Å². The summed E-state index contributed by atoms with van der Waals surface area (Å²) in [4.78, 5) is 12.1. The average molecular weight is 227 g/mol. The Morgan fingerprint density at radius 1 is 1.29 bits per heavy atom. The Kier molecular flexibility index (Phi) is 2.14. The highest BCUT2D eigenvalue weighted by atomic mass is 16.1. The second-order valence-corrected chi connectivity index (χ2v) is 4.09. The molecule has 4 heteroatoms. The molecule has 0 spiro atoms. The van der Waals surface area contributed by atoms with E-state index in [1.165, 1.54) is 0 Å². The highest BCUT2D eigenvalue weighted by Gasteiger charge is 2.09. The molecule has 3 rings (SSSR count). The second kappa shape index (κ2) is 3.66. The van der Waals surface area contributed by atoms with Gasteiger partial charge in [0, 0.05) is 37.1 Å². The van der Waals surface area contributed by atoms with Gasteiger partial charge in [0.25, 0.3) is 5.56 Å². The van der Waals surface area contributed by atoms with Gasteiger partial charge in [-0.3, -0.25) is 4.79 Å². The van der Waals surface area contributed by atoms with Gasteiger partial charge in [-0.25, -0.2) is 0 Å². The Balaban J connectivity index is 2.31. The first-order chi connectivity index (χ1) is 8.27. The lowest BCUT2D eigenvalue weighted by Crippen LogP contribution is -2.19. The van der Waals surface area contributed by atoms with E-state index < -0.39 is 0 Å². The van der Waals surface area contributed by atoms with Crippen LogP contribution in [0.4, 0.5) is 0 Å². The molecule has 2 aromatic rings. The van der Waals surface area contributed by atoms with Crippen LogP contribution < -0.4 is 10.9 Å². The monoisotopic (exact) mass is 227 g/mol. The molecule has 1 aliphatic heterocycles. The van der Waals surface area contributed by atoms with Crippen molar-refractivity contribution in [2.45, 2.75) is 0 Å². The second-order valence-electron chi connectivity index (χ2n) is 4.09. The van der Waals surface area contributed by atoms with E-state index in [1.807, 2.05) is 35.2 Å². The van der Waals surface area contributed by atoms with Gasteiger partial charge in [0.15, 0.2) is 0 Å². The van der Waals surface area contributed by atoms with Crippen molar-refractivity contribution in [1.29, 1.82) is 0 Å². The minimum atomic E-state index is 0.0281. The van der Waals surface area contributed by atoms with E-state index in [1.54, 1.807) is 17.8 Å². The number of fused-ring (bicyclic) bond motifs is 1. The number of pyridine rings is 1. The van der Waals surface area contributed by atoms with Gasteiger partial charge in [0.1, 0.15) is 5.52 Å². The molecular formula is C13H13N3O. The minimum Gasteiger partial charge on any atom is -0.387 e. The molecule has 0 unspecified atom stereocenters. The first kappa shape index (κ1) is 9.96. The van der Waals surface area contributed by atoms with Gasteiger partial charge in [-0.15, -0.1) is 0 Å². The van der Waals surface area contributed by atoms with Crippen LogP contribution in [0.5, 0.6) is 0 Å². The van der Waals surface area contributed by atoms with Crippen LogP contribution in [-0.4, -0.2) is 15.7 Å². The maximum Gasteiger partial charge on any atom is 0.275 e. The number of hydrogen-bond donors (Lipinski definition) is 1. The van der Waals surface area contributed by atoms with Crippen molar-refractivity contribution in [2.24, 2.45) is 7.05 Å². The zero-order chi connectivity index (χ0) is 11.8. The topological polar surface area (TPSA) is 39.0 Å². The molecule has 0 saturated carbocycles. The first-order valence-electron chi connectivity index (χ1n) is 5.54. The summed E-state index contributed by atoms with van der Waals surface area (Å²) in [5.74, 6) is 0. The fraction of sp³-hybridized carbons (Fsp3) is 0.154. The van der Waals surface area contributed by atoms with Gasteiger partial charge >= 0.3 is 0 Å². The Bertz CT molecular complexity index is 688. The van der Waals surface area contributed by atoms with E-state index in [0.29, 0.717) is 0 Å². The third-order valence-electron chi connectivity index (χ3n) is 3.00. The number of allylic oxidation sites excluding steroid dienone is 2. The third-order valence-corrected chi connectivity index (χ3v) is 3.00. The van der Waals surface area contributed by atoms with E-state index in [2.05, 4.69) is 11.4 Å². The molecule has 0 aromatic carbocycles. The number of hydrogen-bond acceptors (Lipinski definition) is 2. The Hall–Kier alpha value is -2.23. The molecule has 4 nitrogen and oxygen atoms in total. The quantitative estimate of drug-likeness (QED) is 0.797. The van der Waals surface area contributed by atoms with Gasteiger partial charge in [-0.05, 0) is 30.5 Å². The fourth-order valence-corrected chi connectivity index (χ4v) is 2.07. The molecule has 86 valence electrons. The summed E-state index contributed by atoms with van der Waals surface area (Å²) in [7, 11) is 1.77. The predicted octanol–water partition coefficient (Wildman–Crippen LogP) is 1.30. The molecule has 1 N–H and O–H groups in total. The molecule has 0 aliphatic carbocycles. The number of nitrogens with one attached hydrogen (secondary N) is 1. The maximum atomic E-state index is 12.1. The molecule has 0 amide bonds. The minimum absolute atomic E-state index is 0.0281. The number of aryl methyl sites for hydroxylation is 1. The van der Waals surface area contributed by atoms with Gasteiger partial charge in [-0.2, -0.15) is 0 Å². The summed E-state index contributed by atoms with van der Waals surface area (Å²) in [6.45, 7) is 0.790. The van der Waals surface area contributed by atoms with E-state index in [4.69, 9.17) is 0 Å². The lowest BCUT2D eigenvalue weighted by molar-refractivity contribution is 0.865. The molecule has 0 fully saturated rings. The Morgan fingerprint density at radius 3 is 2.88 bits per heavy atom. The van der Waals surface area contributed by atoms with Crippen LogP contribution in [0.15, 0.2) is 47.7 Å². The molecule has 0 radical (unpaired) electrons. The average Bonchev–Trinajstić information content (AvgIpc) is 2.79. The molecule has 1 aliphatic rings. The van der Waals surface area contributed by atoms with Crippen molar-refractivity contribution in [3.63, 3.8) is 0 Å². The number of aromatic nitrogens is 2. The van der Waals surface area contributed by atoms with Crippen molar-refractivity contribution in [3.05, 3.63) is 53.2 Å². The standard InChI is InChI=1S/C13H13N3O/c1-15-8-4-10-5-9-16(12(10)13(15)17)11-2-6-14-7-3-11/h2-6,8-9,14H,7H2,1H3. The van der Waals surface area contributed by atoms with Crippen molar-refractivity contribution in [3.8, 4) is 0 Å². The maximum absolute atomic E-state index is 12.1. The summed E-state index contributed by atoms with van der Waals surface area (Å²) >= 11 is 0. The molecule has 0 atom stereocenters. The fourth-order valence-electron chi connectivity index (χ4n) is 2.07. The normalized spacial score (nSPS) is 14.8. The molecule has 0 bridgehead atoms. The van der Waals surface area contributed by atoms with Gasteiger partial charge < -0.3 is 14.5 Å². The first-order valence-corrected chi connectivity index (χ1v) is 5.54. The highest BCUT2D eigenvalue weighted by molar-refractivity contribution is 5.83. The van der Waals surface area contributed by atoms with Gasteiger partial charge in [0.2, 0.25) is 0 Å². The van der Waals surface area contributed by atoms with Crippen LogP contribution in [0.25, 0.3) is 16.6 Å². The third kappa shape index (κ3) is 1.49. The summed E-state index contributed by atoms with van der Waals surface area (Å²) < 4.78 is 3.54. The van der Waals surface area contributed by atoms with Crippen LogP contribution in [-0.2, 0) is 7.05 Å². The van der Waals surface area contributed by atoms with Crippen LogP contribution in [0, 0.1) is 0 Å². The van der Waals surface area contributed by atoms with Crippen LogP contribution in [0.1, 0.15) is 0 Å². The lowest BCUT2D eigenvalue weighted by atomic mass is 10.3. The SMILES string of the molecule is Cn1ccc2ccn(C3=CCNC=C3)c2c1=O. The van der Waals surface area contributed by atoms with E-state index >= 15 is 0 Å². The number of dihydropyridines is 1. The van der Waals surface area contributed by atoms with Crippen LogP contribution in [0.2, 0.25) is 0 Å². The zero-order valence-corrected chi connectivity index (χ0v) is 9.55. The molecule has 0 saturated heterocycles. The number of rotatable bonds is 1. The number of nitrogens with zero attached hydrogens (tertiary/aromatic N) is 2. The van der Waals surface area contributed by atoms with E-state index in [0.717, 1.165) is 23.1 Å². The smallest absolute Gasteiger partial charge is 0.275 e. The molecule has 2 aromatic heterocycles. The van der Waals surface area contributed by atoms with Gasteiger partial charge in [0.05, 0.1) is 0 Å². The van der Waals surface area contributed by atoms with Crippen molar-refractivity contribution in [2.75, 3.05) is 6.54 Å². The molecular weight excluding hydrogens is 214 g/mol. The largest absolute Gasteiger partial charge is 0.387 e. The molecule has 17 heavy (non-hydrogen) atoms. The summed E-state index contributed by atoms with van der Waals surface area (Å²) in [5.41, 5.74) is 1.79. The zero-order valence-electron chi connectivity index (χ0n) is 9.55. The van der Waals surface area contributed by atoms with Crippen molar-refractivity contribution in [1.82, 2.24) is 14.5 Å². The molecule has 3 heterocycles. The summed E-state index contributed by atoms with van der Waals surface area (Å²) in [5, 5.41) is 4.07. The Morgan fingerprint density at radius 2 is 2.12 bits per heavy atom. The van der Waals surface area contributed by atoms with Crippen LogP contribution >= 0.6 is 0 Å². The van der Waals surface area contributed by atoms with Crippen molar-refractivity contribution < 1.29 is 0 Å². The van der Waals surface area contributed by atoms with Crippen LogP contribution in [0.3, 0.4) is 0 Å².